The minimum Gasteiger partial charge on any atom is -0.324 e. The van der Waals surface area contributed by atoms with E-state index in [9.17, 15) is 14.0 Å². The van der Waals surface area contributed by atoms with Crippen LogP contribution < -0.4 is 16.0 Å². The maximum atomic E-state index is 13.7. The summed E-state index contributed by atoms with van der Waals surface area (Å²) < 4.78 is 15.5. The van der Waals surface area contributed by atoms with E-state index < -0.39 is 5.82 Å². The highest BCUT2D eigenvalue weighted by atomic mass is 35.5. The highest BCUT2D eigenvalue weighted by Crippen LogP contribution is 2.20. The molecule has 1 fully saturated rings. The van der Waals surface area contributed by atoms with Crippen molar-refractivity contribution in [3.8, 4) is 0 Å². The number of halogens is 2. The molecule has 0 radical (unpaired) electrons. The summed E-state index contributed by atoms with van der Waals surface area (Å²) in [6.07, 6.45) is 3.89. The van der Waals surface area contributed by atoms with Crippen LogP contribution in [0.25, 0.3) is 0 Å². The van der Waals surface area contributed by atoms with Crippen molar-refractivity contribution in [3.63, 3.8) is 0 Å². The Labute approximate surface area is 156 Å². The van der Waals surface area contributed by atoms with Crippen LogP contribution in [0.15, 0.2) is 30.5 Å². The molecule has 0 spiro atoms. The Kier molecular flexibility index (Phi) is 6.70. The van der Waals surface area contributed by atoms with Crippen molar-refractivity contribution < 1.29 is 14.0 Å². The van der Waals surface area contributed by atoms with Gasteiger partial charge in [-0.05, 0) is 43.7 Å². The van der Waals surface area contributed by atoms with E-state index in [0.717, 1.165) is 25.9 Å². The maximum Gasteiger partial charge on any atom is 0.276 e. The van der Waals surface area contributed by atoms with Crippen LogP contribution in [0.1, 0.15) is 36.3 Å². The molecule has 0 aliphatic carbocycles. The van der Waals surface area contributed by atoms with E-state index in [4.69, 9.17) is 0 Å². The number of piperidine rings is 1. The molecular weight excluding hydrogens is 361 g/mol. The molecule has 1 aliphatic heterocycles. The van der Waals surface area contributed by atoms with Gasteiger partial charge in [-0.25, -0.2) is 4.39 Å². The van der Waals surface area contributed by atoms with Gasteiger partial charge in [-0.15, -0.1) is 12.4 Å². The molecule has 7 nitrogen and oxygen atoms in total. The van der Waals surface area contributed by atoms with Gasteiger partial charge in [0.05, 0.1) is 11.7 Å². The average molecular weight is 382 g/mol. The van der Waals surface area contributed by atoms with Gasteiger partial charge in [0.25, 0.3) is 5.91 Å². The molecule has 140 valence electrons. The van der Waals surface area contributed by atoms with E-state index in [1.807, 2.05) is 0 Å². The first-order valence-corrected chi connectivity index (χ1v) is 8.17. The third-order valence-electron chi connectivity index (χ3n) is 4.02. The topological polar surface area (TPSA) is 88.0 Å². The van der Waals surface area contributed by atoms with Crippen molar-refractivity contribution >= 4 is 35.6 Å². The fourth-order valence-electron chi connectivity index (χ4n) is 2.81. The highest BCUT2D eigenvalue weighted by molar-refractivity contribution is 6.03. The zero-order chi connectivity index (χ0) is 17.8. The van der Waals surface area contributed by atoms with Gasteiger partial charge in [0.2, 0.25) is 5.91 Å². The molecule has 1 saturated heterocycles. The molecule has 9 heteroatoms. The number of aromatic nitrogens is 2. The normalized spacial score (nSPS) is 16.5. The smallest absolute Gasteiger partial charge is 0.276 e. The Morgan fingerprint density at radius 2 is 2.12 bits per heavy atom. The van der Waals surface area contributed by atoms with Crippen LogP contribution in [-0.2, 0) is 4.79 Å². The van der Waals surface area contributed by atoms with E-state index in [-0.39, 0.29) is 41.6 Å². The summed E-state index contributed by atoms with van der Waals surface area (Å²) in [6.45, 7) is 3.13. The molecule has 1 unspecified atom stereocenters. The third-order valence-corrected chi connectivity index (χ3v) is 4.02. The Morgan fingerprint density at radius 1 is 1.31 bits per heavy atom. The molecule has 26 heavy (non-hydrogen) atoms. The first-order chi connectivity index (χ1) is 12.0. The average Bonchev–Trinajstić information content (AvgIpc) is 3.08. The van der Waals surface area contributed by atoms with Crippen LogP contribution in [0.5, 0.6) is 0 Å². The molecule has 0 bridgehead atoms. The monoisotopic (exact) mass is 381 g/mol. The maximum absolute atomic E-state index is 13.7. The Morgan fingerprint density at radius 3 is 2.81 bits per heavy atom. The summed E-state index contributed by atoms with van der Waals surface area (Å²) in [5.74, 6) is -1.34. The van der Waals surface area contributed by atoms with Crippen LogP contribution in [0.2, 0.25) is 0 Å². The number of benzene rings is 1. The summed E-state index contributed by atoms with van der Waals surface area (Å²) in [5, 5.41) is 12.7. The molecule has 1 aromatic carbocycles. The van der Waals surface area contributed by atoms with Crippen LogP contribution in [0, 0.1) is 5.82 Å². The van der Waals surface area contributed by atoms with Gasteiger partial charge < -0.3 is 16.0 Å². The lowest BCUT2D eigenvalue weighted by molar-refractivity contribution is -0.114. The van der Waals surface area contributed by atoms with Crippen molar-refractivity contribution in [2.24, 2.45) is 0 Å². The number of carbonyl (C=O) groups excluding carboxylic acids is 2. The molecule has 2 amide bonds. The minimum absolute atomic E-state index is 0. The molecular formula is C17H21ClFN5O2. The lowest BCUT2D eigenvalue weighted by Crippen LogP contribution is -2.32. The van der Waals surface area contributed by atoms with Gasteiger partial charge in [-0.3, -0.25) is 14.3 Å². The summed E-state index contributed by atoms with van der Waals surface area (Å²) in [7, 11) is 0. The molecule has 2 aromatic rings. The van der Waals surface area contributed by atoms with E-state index in [2.05, 4.69) is 21.0 Å². The van der Waals surface area contributed by atoms with E-state index >= 15 is 0 Å². The number of nitrogens with zero attached hydrogens (tertiary/aromatic N) is 2. The molecule has 3 N–H and O–H groups in total. The molecule has 1 aromatic heterocycles. The van der Waals surface area contributed by atoms with Crippen LogP contribution in [0.3, 0.4) is 0 Å². The van der Waals surface area contributed by atoms with Gasteiger partial charge in [0.15, 0.2) is 5.69 Å². The van der Waals surface area contributed by atoms with Gasteiger partial charge in [-0.2, -0.15) is 5.10 Å². The number of amides is 2. The summed E-state index contributed by atoms with van der Waals surface area (Å²) in [6, 6.07) is 5.89. The fraction of sp³-hybridized carbons (Fsp3) is 0.353. The van der Waals surface area contributed by atoms with Gasteiger partial charge in [-0.1, -0.05) is 0 Å². The number of anilines is 2. The third kappa shape index (κ3) is 4.80. The zero-order valence-corrected chi connectivity index (χ0v) is 15.1. The van der Waals surface area contributed by atoms with E-state index in [1.54, 1.807) is 16.9 Å². The number of rotatable bonds is 4. The van der Waals surface area contributed by atoms with Crippen molar-refractivity contribution in [1.29, 1.82) is 0 Å². The van der Waals surface area contributed by atoms with E-state index in [1.165, 1.54) is 25.1 Å². The largest absolute Gasteiger partial charge is 0.324 e. The van der Waals surface area contributed by atoms with Gasteiger partial charge in [0, 0.05) is 25.4 Å². The number of carbonyl (C=O) groups is 2. The highest BCUT2D eigenvalue weighted by Gasteiger charge is 2.18. The summed E-state index contributed by atoms with van der Waals surface area (Å²) in [5.41, 5.74) is 0.684. The Bertz CT molecular complexity index is 789. The molecule has 1 atom stereocenters. The predicted octanol–water partition coefficient (Wildman–Crippen LogP) is 2.58. The lowest BCUT2D eigenvalue weighted by Gasteiger charge is -2.22. The predicted molar refractivity (Wildman–Crippen MR) is 99.3 cm³/mol. The number of nitrogens with one attached hydrogen (secondary N) is 3. The second-order valence-electron chi connectivity index (χ2n) is 6.01. The van der Waals surface area contributed by atoms with E-state index in [0.29, 0.717) is 5.69 Å². The van der Waals surface area contributed by atoms with Crippen molar-refractivity contribution in [1.82, 2.24) is 15.1 Å². The van der Waals surface area contributed by atoms with Crippen LogP contribution >= 0.6 is 12.4 Å². The Hall–Kier alpha value is -2.45. The molecule has 1 aliphatic rings. The Balaban J connectivity index is 0.00000243. The summed E-state index contributed by atoms with van der Waals surface area (Å²) in [4.78, 5) is 23.4. The lowest BCUT2D eigenvalue weighted by atomic mass is 10.1. The second kappa shape index (κ2) is 8.77. The fourth-order valence-corrected chi connectivity index (χ4v) is 2.81. The van der Waals surface area contributed by atoms with Crippen molar-refractivity contribution in [3.05, 3.63) is 42.0 Å². The second-order valence-corrected chi connectivity index (χ2v) is 6.01. The zero-order valence-electron chi connectivity index (χ0n) is 14.3. The molecule has 3 rings (SSSR count). The quantitative estimate of drug-likeness (QED) is 0.759. The molecule has 2 heterocycles. The summed E-state index contributed by atoms with van der Waals surface area (Å²) >= 11 is 0. The van der Waals surface area contributed by atoms with Crippen LogP contribution in [0.4, 0.5) is 15.8 Å². The first kappa shape index (κ1) is 19.9. The first-order valence-electron chi connectivity index (χ1n) is 8.17. The van der Waals surface area contributed by atoms with Crippen LogP contribution in [-0.4, -0.2) is 34.7 Å². The van der Waals surface area contributed by atoms with Crippen molar-refractivity contribution in [2.45, 2.75) is 25.8 Å². The van der Waals surface area contributed by atoms with Gasteiger partial charge in [0.1, 0.15) is 5.82 Å². The number of hydrogen-bond donors (Lipinski definition) is 3. The number of hydrogen-bond acceptors (Lipinski definition) is 4. The standard InChI is InChI=1S/C17H20FN5O2.ClH/c1-11(24)20-16-9-12(4-5-14(16)18)21-17(25)15-6-8-23(22-15)13-3-2-7-19-10-13;/h4-6,8-9,13,19H,2-3,7,10H2,1H3,(H,20,24)(H,21,25);1H. The SMILES string of the molecule is CC(=O)Nc1cc(NC(=O)c2ccn(C3CCCNC3)n2)ccc1F.Cl. The van der Waals surface area contributed by atoms with Crippen molar-refractivity contribution in [2.75, 3.05) is 23.7 Å². The minimum atomic E-state index is -0.567. The van der Waals surface area contributed by atoms with Gasteiger partial charge >= 0.3 is 0 Å². The molecule has 0 saturated carbocycles.